The van der Waals surface area contributed by atoms with Crippen molar-refractivity contribution in [2.45, 2.75) is 69.3 Å². The van der Waals surface area contributed by atoms with E-state index in [1.807, 2.05) is 0 Å². The second kappa shape index (κ2) is 11.8. The molecule has 14 nitrogen and oxygen atoms in total. The molecule has 2 fully saturated rings. The van der Waals surface area contributed by atoms with Gasteiger partial charge in [-0.15, -0.1) is 0 Å². The predicted octanol–water partition coefficient (Wildman–Crippen LogP) is 0.252. The normalized spacial score (nSPS) is 33.0. The van der Waals surface area contributed by atoms with E-state index in [1.165, 1.54) is 6.07 Å². The van der Waals surface area contributed by atoms with E-state index in [9.17, 15) is 50.8 Å². The Hall–Kier alpha value is -3.63. The standard InChI is InChI=1S/C29H34O14/c1-10-5-18(23(36)25(38)21(10)34)40-9-19-11(2)22(35)26(39)29(42-19)43-28-24(37)20-16(33)7-13(30)8-17(20)41-27(28)12-3-4-14(31)15(32)6-12/h3-4,6-8,10-11,18-19,21-23,25-26,29-36,38-39H,5,9H2,1-2H3/t10?,11-,18-,19?,21+,22?,23?,25+,26?,29+/m1/s1. The summed E-state index contributed by atoms with van der Waals surface area (Å²) in [6.07, 6.45) is -10.3. The van der Waals surface area contributed by atoms with Gasteiger partial charge in [0.05, 0.1) is 31.0 Å². The molecule has 0 bridgehead atoms. The van der Waals surface area contributed by atoms with E-state index in [-0.39, 0.29) is 41.2 Å². The largest absolute Gasteiger partial charge is 0.508 e. The van der Waals surface area contributed by atoms with Gasteiger partial charge in [0.15, 0.2) is 17.3 Å². The lowest BCUT2D eigenvalue weighted by Crippen LogP contribution is -2.58. The summed E-state index contributed by atoms with van der Waals surface area (Å²) < 4.78 is 23.4. The van der Waals surface area contributed by atoms with Crippen LogP contribution in [0.15, 0.2) is 39.5 Å². The summed E-state index contributed by atoms with van der Waals surface area (Å²) in [4.78, 5) is 13.6. The van der Waals surface area contributed by atoms with Crippen LogP contribution in [0.2, 0.25) is 0 Å². The van der Waals surface area contributed by atoms with Crippen molar-refractivity contribution < 1.29 is 64.6 Å². The Labute approximate surface area is 244 Å². The van der Waals surface area contributed by atoms with E-state index in [0.29, 0.717) is 0 Å². The van der Waals surface area contributed by atoms with E-state index in [4.69, 9.17) is 18.6 Å². The van der Waals surface area contributed by atoms with Crippen molar-refractivity contribution in [3.8, 4) is 40.1 Å². The van der Waals surface area contributed by atoms with Crippen LogP contribution in [0.1, 0.15) is 20.3 Å². The molecular formula is C29H34O14. The zero-order valence-corrected chi connectivity index (χ0v) is 23.1. The molecule has 9 N–H and O–H groups in total. The fraction of sp³-hybridized carbons (Fsp3) is 0.483. The highest BCUT2D eigenvalue weighted by Crippen LogP contribution is 2.40. The van der Waals surface area contributed by atoms with Crippen molar-refractivity contribution in [3.05, 3.63) is 40.6 Å². The molecule has 2 aliphatic rings. The van der Waals surface area contributed by atoms with Crippen LogP contribution < -0.4 is 10.2 Å². The van der Waals surface area contributed by atoms with E-state index >= 15 is 0 Å². The zero-order chi connectivity index (χ0) is 31.3. The number of hydrogen-bond donors (Lipinski definition) is 9. The smallest absolute Gasteiger partial charge is 0.239 e. The lowest BCUT2D eigenvalue weighted by atomic mass is 9.82. The first-order chi connectivity index (χ1) is 20.3. The molecule has 1 aromatic heterocycles. The van der Waals surface area contributed by atoms with Crippen molar-refractivity contribution in [1.82, 2.24) is 0 Å². The highest BCUT2D eigenvalue weighted by atomic mass is 16.7. The Morgan fingerprint density at radius 2 is 1.56 bits per heavy atom. The topological polar surface area (TPSA) is 240 Å². The average Bonchev–Trinajstić information content (AvgIpc) is 2.96. The molecule has 0 spiro atoms. The summed E-state index contributed by atoms with van der Waals surface area (Å²) in [5.74, 6) is -4.07. The number of ether oxygens (including phenoxy) is 3. The fourth-order valence-electron chi connectivity index (χ4n) is 5.49. The second-order valence-corrected chi connectivity index (χ2v) is 11.2. The molecular weight excluding hydrogens is 572 g/mol. The highest BCUT2D eigenvalue weighted by Gasteiger charge is 2.46. The number of hydrogen-bond acceptors (Lipinski definition) is 14. The van der Waals surface area contributed by atoms with Crippen LogP contribution in [0.4, 0.5) is 0 Å². The highest BCUT2D eigenvalue weighted by molar-refractivity contribution is 5.88. The summed E-state index contributed by atoms with van der Waals surface area (Å²) in [7, 11) is 0. The molecule has 3 aromatic rings. The molecule has 14 heteroatoms. The monoisotopic (exact) mass is 606 g/mol. The lowest BCUT2D eigenvalue weighted by Gasteiger charge is -2.43. The van der Waals surface area contributed by atoms with Crippen molar-refractivity contribution >= 4 is 11.0 Å². The van der Waals surface area contributed by atoms with Crippen LogP contribution in [0.5, 0.6) is 28.7 Å². The predicted molar refractivity (Wildman–Crippen MR) is 147 cm³/mol. The van der Waals surface area contributed by atoms with Gasteiger partial charge >= 0.3 is 0 Å². The number of phenols is 4. The molecule has 2 heterocycles. The molecule has 1 aliphatic carbocycles. The summed E-state index contributed by atoms with van der Waals surface area (Å²) in [6, 6.07) is 5.48. The maximum atomic E-state index is 13.6. The van der Waals surface area contributed by atoms with E-state index in [2.05, 4.69) is 0 Å². The van der Waals surface area contributed by atoms with E-state index in [1.54, 1.807) is 13.8 Å². The van der Waals surface area contributed by atoms with Crippen LogP contribution in [0, 0.1) is 11.8 Å². The number of aliphatic hydroxyl groups is 5. The summed E-state index contributed by atoms with van der Waals surface area (Å²) in [6.45, 7) is 3.04. The maximum absolute atomic E-state index is 13.6. The van der Waals surface area contributed by atoms with Crippen molar-refractivity contribution in [2.75, 3.05) is 6.61 Å². The molecule has 0 amide bonds. The van der Waals surface area contributed by atoms with Gasteiger partial charge in [-0.05, 0) is 30.5 Å². The quantitative estimate of drug-likeness (QED) is 0.171. The number of phenolic OH excluding ortho intramolecular Hbond substituents is 4. The molecule has 2 aromatic carbocycles. The molecule has 234 valence electrons. The molecule has 1 saturated heterocycles. The molecule has 43 heavy (non-hydrogen) atoms. The number of fused-ring (bicyclic) bond motifs is 1. The first-order valence-electron chi connectivity index (χ1n) is 13.7. The molecule has 5 unspecified atom stereocenters. The lowest BCUT2D eigenvalue weighted by molar-refractivity contribution is -0.270. The number of aromatic hydroxyl groups is 4. The average molecular weight is 607 g/mol. The molecule has 0 radical (unpaired) electrons. The Morgan fingerprint density at radius 3 is 2.26 bits per heavy atom. The third kappa shape index (κ3) is 5.70. The molecule has 1 aliphatic heterocycles. The summed E-state index contributed by atoms with van der Waals surface area (Å²) in [5, 5.41) is 92.0. The van der Waals surface area contributed by atoms with Gasteiger partial charge in [-0.25, -0.2) is 0 Å². The van der Waals surface area contributed by atoms with Crippen LogP contribution in [-0.4, -0.2) is 102 Å². The van der Waals surface area contributed by atoms with Gasteiger partial charge < -0.3 is 64.6 Å². The van der Waals surface area contributed by atoms with E-state index in [0.717, 1.165) is 24.3 Å². The van der Waals surface area contributed by atoms with Crippen molar-refractivity contribution in [2.24, 2.45) is 11.8 Å². The summed E-state index contributed by atoms with van der Waals surface area (Å²) in [5.41, 5.74) is -1.15. The second-order valence-electron chi connectivity index (χ2n) is 11.2. The van der Waals surface area contributed by atoms with Gasteiger partial charge in [0, 0.05) is 23.6 Å². The Kier molecular flexibility index (Phi) is 8.46. The summed E-state index contributed by atoms with van der Waals surface area (Å²) >= 11 is 0. The van der Waals surface area contributed by atoms with Crippen LogP contribution >= 0.6 is 0 Å². The number of aliphatic hydroxyl groups excluding tert-OH is 5. The van der Waals surface area contributed by atoms with Crippen LogP contribution in [0.3, 0.4) is 0 Å². The van der Waals surface area contributed by atoms with Crippen LogP contribution in [-0.2, 0) is 9.47 Å². The maximum Gasteiger partial charge on any atom is 0.239 e. The Bertz CT molecular complexity index is 1540. The first kappa shape index (κ1) is 30.8. The number of rotatable bonds is 6. The van der Waals surface area contributed by atoms with Crippen molar-refractivity contribution in [3.63, 3.8) is 0 Å². The third-order valence-electron chi connectivity index (χ3n) is 8.19. The van der Waals surface area contributed by atoms with Crippen LogP contribution in [0.25, 0.3) is 22.3 Å². The van der Waals surface area contributed by atoms with Gasteiger partial charge in [-0.2, -0.15) is 0 Å². The third-order valence-corrected chi connectivity index (χ3v) is 8.19. The molecule has 1 saturated carbocycles. The zero-order valence-electron chi connectivity index (χ0n) is 23.1. The van der Waals surface area contributed by atoms with Gasteiger partial charge in [-0.3, -0.25) is 4.79 Å². The first-order valence-corrected chi connectivity index (χ1v) is 13.7. The Balaban J connectivity index is 1.48. The Morgan fingerprint density at radius 1 is 0.837 bits per heavy atom. The van der Waals surface area contributed by atoms with Crippen molar-refractivity contribution in [1.29, 1.82) is 0 Å². The minimum Gasteiger partial charge on any atom is -0.508 e. The SMILES string of the molecule is CC1C[C@@H](OCC2O[C@@H](Oc3c(-c4ccc(O)c(O)c4)oc4cc(O)cc(O)c4c3=O)C(O)C(O)[C@@H]2C)C(O)[C@@H](O)[C@H]1O. The fourth-order valence-corrected chi connectivity index (χ4v) is 5.49. The van der Waals surface area contributed by atoms with Gasteiger partial charge in [0.1, 0.15) is 40.8 Å². The van der Waals surface area contributed by atoms with E-state index < -0.39 is 89.1 Å². The van der Waals surface area contributed by atoms with Gasteiger partial charge in [-0.1, -0.05) is 13.8 Å². The van der Waals surface area contributed by atoms with Gasteiger partial charge in [0.2, 0.25) is 17.5 Å². The molecule has 10 atom stereocenters. The molecule has 5 rings (SSSR count). The minimum absolute atomic E-state index is 0.0346. The number of benzene rings is 2. The van der Waals surface area contributed by atoms with Gasteiger partial charge in [0.25, 0.3) is 0 Å². The minimum atomic E-state index is -1.69.